The maximum atomic E-state index is 12.3. The quantitative estimate of drug-likeness (QED) is 0.767. The van der Waals surface area contributed by atoms with Crippen LogP contribution in [0.3, 0.4) is 0 Å². The van der Waals surface area contributed by atoms with E-state index in [4.69, 9.17) is 0 Å². The standard InChI is InChI=1S/C17H20N4O3/c1-12(2)10-19-7-8-20(17(24)16(19)23)11-13-9-15(22)21-6-4-3-5-14(21)18-13/h3-6,9,12H,7-8,10-11H2,1-2H3. The summed E-state index contributed by atoms with van der Waals surface area (Å²) in [5.41, 5.74) is 0.815. The van der Waals surface area contributed by atoms with Gasteiger partial charge in [-0.3, -0.25) is 18.8 Å². The van der Waals surface area contributed by atoms with E-state index >= 15 is 0 Å². The smallest absolute Gasteiger partial charge is 0.312 e. The third kappa shape index (κ3) is 3.15. The fourth-order valence-corrected chi connectivity index (χ4v) is 2.86. The zero-order valence-electron chi connectivity index (χ0n) is 13.8. The molecule has 0 saturated carbocycles. The van der Waals surface area contributed by atoms with Gasteiger partial charge in [0.1, 0.15) is 5.65 Å². The first-order valence-corrected chi connectivity index (χ1v) is 8.01. The molecule has 0 radical (unpaired) electrons. The predicted molar refractivity (Wildman–Crippen MR) is 88.3 cm³/mol. The highest BCUT2D eigenvalue weighted by Gasteiger charge is 2.32. The van der Waals surface area contributed by atoms with Gasteiger partial charge in [0.15, 0.2) is 0 Å². The molecule has 1 aliphatic rings. The van der Waals surface area contributed by atoms with Crippen LogP contribution in [-0.4, -0.2) is 50.6 Å². The Morgan fingerprint density at radius 1 is 1.08 bits per heavy atom. The van der Waals surface area contributed by atoms with Gasteiger partial charge in [-0.25, -0.2) is 4.98 Å². The third-order valence-electron chi connectivity index (χ3n) is 3.96. The average molecular weight is 328 g/mol. The molecule has 2 aromatic heterocycles. The summed E-state index contributed by atoms with van der Waals surface area (Å²) in [5, 5.41) is 0. The number of pyridine rings is 1. The minimum absolute atomic E-state index is 0.167. The minimum atomic E-state index is -0.531. The van der Waals surface area contributed by atoms with Crippen LogP contribution < -0.4 is 5.56 Å². The van der Waals surface area contributed by atoms with Crippen LogP contribution in [0.5, 0.6) is 0 Å². The molecule has 7 nitrogen and oxygen atoms in total. The highest BCUT2D eigenvalue weighted by Crippen LogP contribution is 2.11. The van der Waals surface area contributed by atoms with E-state index < -0.39 is 11.8 Å². The maximum absolute atomic E-state index is 12.3. The summed E-state index contributed by atoms with van der Waals surface area (Å²) in [6.45, 7) is 5.73. The van der Waals surface area contributed by atoms with Crippen molar-refractivity contribution >= 4 is 17.5 Å². The van der Waals surface area contributed by atoms with Gasteiger partial charge in [-0.05, 0) is 18.1 Å². The maximum Gasteiger partial charge on any atom is 0.312 e. The van der Waals surface area contributed by atoms with Crippen molar-refractivity contribution in [3.05, 3.63) is 46.5 Å². The van der Waals surface area contributed by atoms with Crippen LogP contribution in [0.15, 0.2) is 35.3 Å². The number of hydrogen-bond acceptors (Lipinski definition) is 4. The summed E-state index contributed by atoms with van der Waals surface area (Å²) >= 11 is 0. The highest BCUT2D eigenvalue weighted by molar-refractivity contribution is 6.35. The van der Waals surface area contributed by atoms with Crippen molar-refractivity contribution in [2.24, 2.45) is 5.92 Å². The van der Waals surface area contributed by atoms with Crippen LogP contribution in [0.2, 0.25) is 0 Å². The van der Waals surface area contributed by atoms with Crippen LogP contribution in [0, 0.1) is 5.92 Å². The van der Waals surface area contributed by atoms with Crippen molar-refractivity contribution in [2.75, 3.05) is 19.6 Å². The molecule has 0 spiro atoms. The Kier molecular flexibility index (Phi) is 4.33. The van der Waals surface area contributed by atoms with Gasteiger partial charge in [-0.2, -0.15) is 0 Å². The average Bonchev–Trinajstić information content (AvgIpc) is 2.54. The Labute approximate surface area is 139 Å². The lowest BCUT2D eigenvalue weighted by Crippen LogP contribution is -2.54. The largest absolute Gasteiger partial charge is 0.332 e. The molecule has 0 atom stereocenters. The lowest BCUT2D eigenvalue weighted by Gasteiger charge is -2.34. The van der Waals surface area contributed by atoms with Gasteiger partial charge >= 0.3 is 11.8 Å². The van der Waals surface area contributed by atoms with Gasteiger partial charge in [0.05, 0.1) is 12.2 Å². The predicted octanol–water partition coefficient (Wildman–Crippen LogP) is 0.521. The Hall–Kier alpha value is -2.70. The number of carbonyl (C=O) groups is 2. The van der Waals surface area contributed by atoms with E-state index in [1.165, 1.54) is 15.4 Å². The molecule has 0 aliphatic carbocycles. The zero-order chi connectivity index (χ0) is 17.3. The number of hydrogen-bond donors (Lipinski definition) is 0. The van der Waals surface area contributed by atoms with Crippen molar-refractivity contribution in [1.29, 1.82) is 0 Å². The summed E-state index contributed by atoms with van der Waals surface area (Å²) in [6.07, 6.45) is 1.65. The fraction of sp³-hybridized carbons (Fsp3) is 0.412. The lowest BCUT2D eigenvalue weighted by molar-refractivity contribution is -0.156. The summed E-state index contributed by atoms with van der Waals surface area (Å²) in [4.78, 5) is 44.0. The summed E-state index contributed by atoms with van der Waals surface area (Å²) in [5.74, 6) is -0.695. The molecule has 0 aromatic carbocycles. The molecule has 126 valence electrons. The molecule has 24 heavy (non-hydrogen) atoms. The van der Waals surface area contributed by atoms with Crippen LogP contribution in [0.1, 0.15) is 19.5 Å². The minimum Gasteiger partial charge on any atom is -0.332 e. The number of aromatic nitrogens is 2. The molecule has 7 heteroatoms. The molecule has 3 heterocycles. The van der Waals surface area contributed by atoms with Gasteiger partial charge in [-0.1, -0.05) is 19.9 Å². The van der Waals surface area contributed by atoms with E-state index in [0.29, 0.717) is 36.9 Å². The normalized spacial score (nSPS) is 15.6. The summed E-state index contributed by atoms with van der Waals surface area (Å²) in [7, 11) is 0. The van der Waals surface area contributed by atoms with E-state index in [0.717, 1.165) is 0 Å². The van der Waals surface area contributed by atoms with Crippen molar-refractivity contribution in [2.45, 2.75) is 20.4 Å². The number of piperazine rings is 1. The Morgan fingerprint density at radius 2 is 1.79 bits per heavy atom. The molecule has 1 fully saturated rings. The van der Waals surface area contributed by atoms with Crippen molar-refractivity contribution < 1.29 is 9.59 Å². The lowest BCUT2D eigenvalue weighted by atomic mass is 10.2. The number of amides is 2. The molecular formula is C17H20N4O3. The number of fused-ring (bicyclic) bond motifs is 1. The monoisotopic (exact) mass is 328 g/mol. The van der Waals surface area contributed by atoms with Crippen molar-refractivity contribution in [3.63, 3.8) is 0 Å². The molecule has 1 aliphatic heterocycles. The first-order chi connectivity index (χ1) is 11.5. The van der Waals surface area contributed by atoms with Crippen LogP contribution >= 0.6 is 0 Å². The molecule has 2 aromatic rings. The van der Waals surface area contributed by atoms with Gasteiger partial charge < -0.3 is 9.80 Å². The zero-order valence-corrected chi connectivity index (χ0v) is 13.8. The van der Waals surface area contributed by atoms with Crippen molar-refractivity contribution in [3.8, 4) is 0 Å². The van der Waals surface area contributed by atoms with Gasteiger partial charge in [0, 0.05) is 31.9 Å². The highest BCUT2D eigenvalue weighted by atomic mass is 16.2. The van der Waals surface area contributed by atoms with E-state index in [1.807, 2.05) is 13.8 Å². The second-order valence-corrected chi connectivity index (χ2v) is 6.39. The van der Waals surface area contributed by atoms with Crippen LogP contribution in [0.4, 0.5) is 0 Å². The molecule has 2 amide bonds. The number of rotatable bonds is 4. The molecule has 0 N–H and O–H groups in total. The molecule has 0 unspecified atom stereocenters. The third-order valence-corrected chi connectivity index (χ3v) is 3.96. The van der Waals surface area contributed by atoms with Gasteiger partial charge in [-0.15, -0.1) is 0 Å². The van der Waals surface area contributed by atoms with Gasteiger partial charge in [0.2, 0.25) is 0 Å². The molecule has 0 bridgehead atoms. The SMILES string of the molecule is CC(C)CN1CCN(Cc2cc(=O)n3ccccc3n2)C(=O)C1=O. The van der Waals surface area contributed by atoms with Crippen LogP contribution in [0.25, 0.3) is 5.65 Å². The number of nitrogens with zero attached hydrogens (tertiary/aromatic N) is 4. The van der Waals surface area contributed by atoms with E-state index in [9.17, 15) is 14.4 Å². The van der Waals surface area contributed by atoms with Gasteiger partial charge in [0.25, 0.3) is 5.56 Å². The van der Waals surface area contributed by atoms with E-state index in [1.54, 1.807) is 29.3 Å². The topological polar surface area (TPSA) is 75.0 Å². The Morgan fingerprint density at radius 3 is 2.54 bits per heavy atom. The first-order valence-electron chi connectivity index (χ1n) is 8.01. The fourth-order valence-electron chi connectivity index (χ4n) is 2.86. The molecular weight excluding hydrogens is 308 g/mol. The molecule has 3 rings (SSSR count). The number of carbonyl (C=O) groups excluding carboxylic acids is 2. The van der Waals surface area contributed by atoms with Crippen molar-refractivity contribution in [1.82, 2.24) is 19.2 Å². The summed E-state index contributed by atoms with van der Waals surface area (Å²) in [6, 6.07) is 6.69. The molecule has 1 saturated heterocycles. The Balaban J connectivity index is 1.79. The first kappa shape index (κ1) is 16.2. The van der Waals surface area contributed by atoms with Crippen LogP contribution in [-0.2, 0) is 16.1 Å². The van der Waals surface area contributed by atoms with E-state index in [-0.39, 0.29) is 12.1 Å². The Bertz CT molecular complexity index is 843. The van der Waals surface area contributed by atoms with E-state index in [2.05, 4.69) is 4.98 Å². The second kappa shape index (κ2) is 6.43. The summed E-state index contributed by atoms with van der Waals surface area (Å²) < 4.78 is 1.44. The second-order valence-electron chi connectivity index (χ2n) is 6.39.